The average molecular weight is 406 g/mol. The molecule has 3 atom stereocenters. The first kappa shape index (κ1) is 24.4. The van der Waals surface area contributed by atoms with Crippen molar-refractivity contribution in [2.75, 3.05) is 19.8 Å². The third-order valence-electron chi connectivity index (χ3n) is 5.17. The van der Waals surface area contributed by atoms with E-state index in [0.29, 0.717) is 11.2 Å². The van der Waals surface area contributed by atoms with E-state index in [2.05, 4.69) is 38.9 Å². The molecule has 0 spiro atoms. The minimum atomic E-state index is -2.62. The van der Waals surface area contributed by atoms with E-state index in [1.165, 1.54) is 44.9 Å². The summed E-state index contributed by atoms with van der Waals surface area (Å²) in [4.78, 5) is 0. The average Bonchev–Trinajstić information content (AvgIpc) is 2.63. The minimum Gasteiger partial charge on any atom is -0.373 e. The maximum Gasteiger partial charge on any atom is 0.517 e. The Morgan fingerprint density at radius 1 is 1.12 bits per heavy atom. The Hall–Kier alpha value is 0.407. The second-order valence-corrected chi connectivity index (χ2v) is 11.2. The number of hydrogen-bond donors (Lipinski definition) is 2. The van der Waals surface area contributed by atoms with E-state index >= 15 is 0 Å². The molecular formula is C20H43NO3SSi. The third kappa shape index (κ3) is 11.3. The predicted octanol–water partition coefficient (Wildman–Crippen LogP) is 5.76. The Morgan fingerprint density at radius 3 is 2.50 bits per heavy atom. The van der Waals surface area contributed by atoms with Crippen LogP contribution in [0.2, 0.25) is 6.04 Å². The molecule has 1 aliphatic heterocycles. The summed E-state index contributed by atoms with van der Waals surface area (Å²) in [5.41, 5.74) is 3.14. The van der Waals surface area contributed by atoms with Gasteiger partial charge in [0.2, 0.25) is 0 Å². The zero-order valence-corrected chi connectivity index (χ0v) is 19.3. The summed E-state index contributed by atoms with van der Waals surface area (Å²) in [6.07, 6.45) is 13.6. The summed E-state index contributed by atoms with van der Waals surface area (Å²) in [6.45, 7) is 9.03. The van der Waals surface area contributed by atoms with Crippen LogP contribution in [0.15, 0.2) is 0 Å². The SMILES string of the molecule is CCCCCCCCCCO[Si]1(CCC(S)CC)OCCC(C)CNO1. The van der Waals surface area contributed by atoms with Crippen LogP contribution < -0.4 is 5.48 Å². The smallest absolute Gasteiger partial charge is 0.373 e. The van der Waals surface area contributed by atoms with Gasteiger partial charge in [0, 0.05) is 31.1 Å². The van der Waals surface area contributed by atoms with Crippen molar-refractivity contribution >= 4 is 21.4 Å². The van der Waals surface area contributed by atoms with Gasteiger partial charge in [-0.3, -0.25) is 4.53 Å². The van der Waals surface area contributed by atoms with E-state index in [4.69, 9.17) is 13.4 Å². The molecule has 26 heavy (non-hydrogen) atoms. The Kier molecular flexibility index (Phi) is 14.4. The van der Waals surface area contributed by atoms with Gasteiger partial charge in [0.15, 0.2) is 0 Å². The fraction of sp³-hybridized carbons (Fsp3) is 1.00. The number of unbranched alkanes of at least 4 members (excludes halogenated alkanes) is 7. The zero-order chi connectivity index (χ0) is 19.1. The number of thiol groups is 1. The second-order valence-electron chi connectivity index (χ2n) is 7.80. The van der Waals surface area contributed by atoms with Crippen LogP contribution in [0.1, 0.15) is 91.4 Å². The Labute approximate surface area is 168 Å². The van der Waals surface area contributed by atoms with Gasteiger partial charge >= 0.3 is 8.80 Å². The van der Waals surface area contributed by atoms with Crippen molar-refractivity contribution in [1.82, 2.24) is 5.48 Å². The van der Waals surface area contributed by atoms with Crippen LogP contribution in [0.5, 0.6) is 0 Å². The molecule has 4 nitrogen and oxygen atoms in total. The molecule has 0 aromatic rings. The first-order chi connectivity index (χ1) is 12.6. The molecule has 1 saturated heterocycles. The summed E-state index contributed by atoms with van der Waals surface area (Å²) >= 11 is 4.64. The maximum atomic E-state index is 6.28. The Morgan fingerprint density at radius 2 is 1.81 bits per heavy atom. The van der Waals surface area contributed by atoms with E-state index in [0.717, 1.165) is 51.5 Å². The normalized spacial score (nSPS) is 25.6. The monoisotopic (exact) mass is 405 g/mol. The molecule has 1 N–H and O–H groups in total. The highest BCUT2D eigenvalue weighted by atomic mass is 32.1. The summed E-state index contributed by atoms with van der Waals surface area (Å²) in [6, 6.07) is 0.855. The quantitative estimate of drug-likeness (QED) is 0.219. The Balaban J connectivity index is 2.32. The van der Waals surface area contributed by atoms with Crippen LogP contribution in [-0.4, -0.2) is 33.8 Å². The molecule has 0 saturated carbocycles. The van der Waals surface area contributed by atoms with Gasteiger partial charge in [-0.1, -0.05) is 65.7 Å². The predicted molar refractivity (Wildman–Crippen MR) is 116 cm³/mol. The van der Waals surface area contributed by atoms with E-state index in [9.17, 15) is 0 Å². The number of rotatable bonds is 14. The van der Waals surface area contributed by atoms with Crippen molar-refractivity contribution in [3.05, 3.63) is 0 Å². The first-order valence-corrected chi connectivity index (χ1v) is 13.4. The lowest BCUT2D eigenvalue weighted by Gasteiger charge is -2.33. The van der Waals surface area contributed by atoms with Gasteiger partial charge in [-0.2, -0.15) is 12.6 Å². The summed E-state index contributed by atoms with van der Waals surface area (Å²) < 4.78 is 18.5. The van der Waals surface area contributed by atoms with E-state index in [1.807, 2.05) is 0 Å². The number of hydrogen-bond acceptors (Lipinski definition) is 5. The van der Waals surface area contributed by atoms with Crippen LogP contribution in [0.25, 0.3) is 0 Å². The van der Waals surface area contributed by atoms with E-state index in [-0.39, 0.29) is 0 Å². The molecule has 0 aromatic carbocycles. The van der Waals surface area contributed by atoms with Gasteiger partial charge in [0.1, 0.15) is 0 Å². The number of hydroxylamine groups is 1. The highest BCUT2D eigenvalue weighted by Crippen LogP contribution is 2.24. The second kappa shape index (κ2) is 15.3. The lowest BCUT2D eigenvalue weighted by Crippen LogP contribution is -2.52. The molecule has 0 amide bonds. The van der Waals surface area contributed by atoms with Gasteiger partial charge in [-0.25, -0.2) is 5.48 Å². The summed E-state index contributed by atoms with van der Waals surface area (Å²) in [7, 11) is -2.62. The maximum absolute atomic E-state index is 6.28. The standard InChI is InChI=1S/C20H43NO3SSi/c1-4-6-7-8-9-10-11-12-15-22-26(17-14-20(25)5-2)23-16-13-19(3)18-21-24-26/h19-21,25H,4-18H2,1-3H3. The lowest BCUT2D eigenvalue weighted by atomic mass is 10.1. The molecule has 3 unspecified atom stereocenters. The fourth-order valence-corrected chi connectivity index (χ4v) is 5.97. The van der Waals surface area contributed by atoms with E-state index in [1.54, 1.807) is 0 Å². The van der Waals surface area contributed by atoms with Crippen LogP contribution in [0.3, 0.4) is 0 Å². The van der Waals surface area contributed by atoms with Crippen LogP contribution in [0.4, 0.5) is 0 Å². The molecule has 1 aliphatic rings. The molecule has 0 aromatic heterocycles. The van der Waals surface area contributed by atoms with Crippen molar-refractivity contribution in [2.24, 2.45) is 5.92 Å². The largest absolute Gasteiger partial charge is 0.517 e. The van der Waals surface area contributed by atoms with Gasteiger partial charge in [-0.05, 0) is 31.6 Å². The topological polar surface area (TPSA) is 39.7 Å². The van der Waals surface area contributed by atoms with Crippen LogP contribution in [0, 0.1) is 5.92 Å². The Bertz CT molecular complexity index is 326. The van der Waals surface area contributed by atoms with Crippen molar-refractivity contribution in [3.8, 4) is 0 Å². The third-order valence-corrected chi connectivity index (χ3v) is 8.43. The number of nitrogens with one attached hydrogen (secondary N) is 1. The molecule has 1 rings (SSSR count). The molecular weight excluding hydrogens is 362 g/mol. The molecule has 6 heteroatoms. The molecule has 0 aliphatic carbocycles. The van der Waals surface area contributed by atoms with Crippen LogP contribution >= 0.6 is 12.6 Å². The summed E-state index contributed by atoms with van der Waals surface area (Å²) in [5.74, 6) is 0.572. The minimum absolute atomic E-state index is 0.391. The lowest BCUT2D eigenvalue weighted by molar-refractivity contribution is -0.00196. The van der Waals surface area contributed by atoms with Gasteiger partial charge < -0.3 is 8.85 Å². The zero-order valence-electron chi connectivity index (χ0n) is 17.4. The van der Waals surface area contributed by atoms with Crippen molar-refractivity contribution < 1.29 is 13.4 Å². The van der Waals surface area contributed by atoms with Crippen LogP contribution in [-0.2, 0) is 13.4 Å². The molecule has 0 radical (unpaired) electrons. The molecule has 156 valence electrons. The first-order valence-electron chi connectivity index (χ1n) is 11.0. The van der Waals surface area contributed by atoms with Crippen molar-refractivity contribution in [1.29, 1.82) is 0 Å². The highest BCUT2D eigenvalue weighted by molar-refractivity contribution is 7.80. The van der Waals surface area contributed by atoms with Gasteiger partial charge in [0.25, 0.3) is 0 Å². The molecule has 1 fully saturated rings. The van der Waals surface area contributed by atoms with E-state index < -0.39 is 8.80 Å². The van der Waals surface area contributed by atoms with Crippen molar-refractivity contribution in [2.45, 2.75) is 103 Å². The van der Waals surface area contributed by atoms with Gasteiger partial charge in [0.05, 0.1) is 0 Å². The highest BCUT2D eigenvalue weighted by Gasteiger charge is 2.43. The molecule has 1 heterocycles. The fourth-order valence-electron chi connectivity index (χ4n) is 3.12. The molecule has 0 bridgehead atoms. The summed E-state index contributed by atoms with van der Waals surface area (Å²) in [5, 5.41) is 0.391. The van der Waals surface area contributed by atoms with Gasteiger partial charge in [-0.15, -0.1) is 0 Å². The van der Waals surface area contributed by atoms with Crippen molar-refractivity contribution in [3.63, 3.8) is 0 Å².